The van der Waals surface area contributed by atoms with Crippen LogP contribution in [0.2, 0.25) is 10.0 Å². The SMILES string of the molecule is CCc1c(C(=O)O)nnn1Cc1c(Cl)cccc1Cl. The van der Waals surface area contributed by atoms with Gasteiger partial charge >= 0.3 is 5.97 Å². The Balaban J connectivity index is 2.42. The molecule has 0 amide bonds. The number of carbonyl (C=O) groups is 1. The summed E-state index contributed by atoms with van der Waals surface area (Å²) >= 11 is 12.2. The quantitative estimate of drug-likeness (QED) is 0.942. The van der Waals surface area contributed by atoms with Crippen molar-refractivity contribution in [2.45, 2.75) is 19.9 Å². The number of halogens is 2. The molecule has 0 atom stereocenters. The van der Waals surface area contributed by atoms with Gasteiger partial charge in [-0.1, -0.05) is 41.4 Å². The van der Waals surface area contributed by atoms with Crippen LogP contribution < -0.4 is 0 Å². The molecular formula is C12H11Cl2N3O2. The average Bonchev–Trinajstić information content (AvgIpc) is 2.77. The van der Waals surface area contributed by atoms with Crippen LogP contribution in [0.1, 0.15) is 28.7 Å². The van der Waals surface area contributed by atoms with Gasteiger partial charge in [-0.15, -0.1) is 5.10 Å². The van der Waals surface area contributed by atoms with E-state index in [-0.39, 0.29) is 5.69 Å². The lowest BCUT2D eigenvalue weighted by molar-refractivity contribution is 0.0689. The first kappa shape index (κ1) is 13.8. The van der Waals surface area contributed by atoms with E-state index in [0.717, 1.165) is 0 Å². The predicted octanol–water partition coefficient (Wildman–Crippen LogP) is 2.89. The van der Waals surface area contributed by atoms with Crippen LogP contribution in [0.5, 0.6) is 0 Å². The molecule has 0 saturated heterocycles. The number of carboxylic acid groups (broad SMARTS) is 1. The molecule has 7 heteroatoms. The molecule has 0 aliphatic heterocycles. The Bertz CT molecular complexity index is 605. The first-order valence-corrected chi connectivity index (χ1v) is 6.38. The van der Waals surface area contributed by atoms with Crippen molar-refractivity contribution in [3.63, 3.8) is 0 Å². The second kappa shape index (κ2) is 5.59. The van der Waals surface area contributed by atoms with E-state index in [1.807, 2.05) is 6.92 Å². The second-order valence-corrected chi connectivity index (χ2v) is 4.72. The molecule has 0 aliphatic rings. The van der Waals surface area contributed by atoms with Crippen LogP contribution in [0.15, 0.2) is 18.2 Å². The number of aromatic nitrogens is 3. The molecule has 0 saturated carbocycles. The van der Waals surface area contributed by atoms with Crippen molar-refractivity contribution in [2.75, 3.05) is 0 Å². The Morgan fingerprint density at radius 1 is 1.37 bits per heavy atom. The molecule has 0 radical (unpaired) electrons. The van der Waals surface area contributed by atoms with Crippen LogP contribution in [0, 0.1) is 0 Å². The van der Waals surface area contributed by atoms with Crippen LogP contribution in [0.3, 0.4) is 0 Å². The Kier molecular flexibility index (Phi) is 4.07. The van der Waals surface area contributed by atoms with E-state index < -0.39 is 5.97 Å². The predicted molar refractivity (Wildman–Crippen MR) is 71.9 cm³/mol. The Morgan fingerprint density at radius 2 is 2.00 bits per heavy atom. The average molecular weight is 300 g/mol. The lowest BCUT2D eigenvalue weighted by Crippen LogP contribution is -2.09. The standard InChI is InChI=1S/C12H11Cl2N3O2/c1-2-10-11(12(18)19)15-16-17(10)6-7-8(13)4-3-5-9(7)14/h3-5H,2,6H2,1H3,(H,18,19). The summed E-state index contributed by atoms with van der Waals surface area (Å²) in [6.45, 7) is 2.14. The number of rotatable bonds is 4. The van der Waals surface area contributed by atoms with Gasteiger partial charge in [0.05, 0.1) is 12.2 Å². The maximum atomic E-state index is 11.0. The van der Waals surface area contributed by atoms with Crippen molar-refractivity contribution in [1.29, 1.82) is 0 Å². The van der Waals surface area contributed by atoms with Gasteiger partial charge < -0.3 is 5.11 Å². The second-order valence-electron chi connectivity index (χ2n) is 3.90. The molecule has 1 aromatic heterocycles. The third-order valence-electron chi connectivity index (χ3n) is 2.74. The lowest BCUT2D eigenvalue weighted by Gasteiger charge is -2.08. The highest BCUT2D eigenvalue weighted by atomic mass is 35.5. The number of carboxylic acids is 1. The van der Waals surface area contributed by atoms with Crippen molar-refractivity contribution >= 4 is 29.2 Å². The summed E-state index contributed by atoms with van der Waals surface area (Å²) in [4.78, 5) is 11.0. The third-order valence-corrected chi connectivity index (χ3v) is 3.45. The zero-order valence-electron chi connectivity index (χ0n) is 10.1. The van der Waals surface area contributed by atoms with Gasteiger partial charge in [-0.2, -0.15) is 0 Å². The minimum Gasteiger partial charge on any atom is -0.476 e. The van der Waals surface area contributed by atoms with Gasteiger partial charge in [-0.05, 0) is 18.6 Å². The summed E-state index contributed by atoms with van der Waals surface area (Å²) in [6.07, 6.45) is 0.511. The maximum Gasteiger partial charge on any atom is 0.358 e. The fourth-order valence-corrected chi connectivity index (χ4v) is 2.33. The number of nitrogens with zero attached hydrogens (tertiary/aromatic N) is 3. The van der Waals surface area contributed by atoms with Gasteiger partial charge in [0.2, 0.25) is 0 Å². The summed E-state index contributed by atoms with van der Waals surface area (Å²) < 4.78 is 1.51. The summed E-state index contributed by atoms with van der Waals surface area (Å²) in [6, 6.07) is 5.20. The zero-order chi connectivity index (χ0) is 14.0. The van der Waals surface area contributed by atoms with Crippen LogP contribution in [-0.4, -0.2) is 26.1 Å². The first-order chi connectivity index (χ1) is 9.04. The Labute approximate surface area is 119 Å². The molecule has 0 bridgehead atoms. The molecule has 0 aliphatic carbocycles. The summed E-state index contributed by atoms with van der Waals surface area (Å²) in [5.74, 6) is -1.09. The largest absolute Gasteiger partial charge is 0.476 e. The molecular weight excluding hydrogens is 289 g/mol. The van der Waals surface area contributed by atoms with E-state index in [1.165, 1.54) is 4.68 Å². The molecule has 1 heterocycles. The summed E-state index contributed by atoms with van der Waals surface area (Å²) in [7, 11) is 0. The van der Waals surface area contributed by atoms with E-state index in [0.29, 0.717) is 34.3 Å². The molecule has 0 fully saturated rings. The monoisotopic (exact) mass is 299 g/mol. The zero-order valence-corrected chi connectivity index (χ0v) is 11.6. The highest BCUT2D eigenvalue weighted by Crippen LogP contribution is 2.25. The summed E-state index contributed by atoms with van der Waals surface area (Å²) in [5, 5.41) is 17.6. The molecule has 0 unspecified atom stereocenters. The fourth-order valence-electron chi connectivity index (χ4n) is 1.81. The van der Waals surface area contributed by atoms with E-state index in [2.05, 4.69) is 10.3 Å². The van der Waals surface area contributed by atoms with Gasteiger partial charge in [-0.25, -0.2) is 9.48 Å². The van der Waals surface area contributed by atoms with E-state index in [1.54, 1.807) is 18.2 Å². The number of hydrogen-bond donors (Lipinski definition) is 1. The van der Waals surface area contributed by atoms with E-state index >= 15 is 0 Å². The molecule has 0 spiro atoms. The van der Waals surface area contributed by atoms with E-state index in [9.17, 15) is 4.79 Å². The number of benzene rings is 1. The molecule has 1 aromatic carbocycles. The molecule has 2 rings (SSSR count). The molecule has 2 aromatic rings. The van der Waals surface area contributed by atoms with Gasteiger partial charge in [0.25, 0.3) is 0 Å². The first-order valence-electron chi connectivity index (χ1n) is 5.63. The fraction of sp³-hybridized carbons (Fsp3) is 0.250. The highest BCUT2D eigenvalue weighted by molar-refractivity contribution is 6.35. The molecule has 1 N–H and O–H groups in total. The molecule has 19 heavy (non-hydrogen) atoms. The minimum absolute atomic E-state index is 0.0364. The van der Waals surface area contributed by atoms with Crippen LogP contribution in [0.25, 0.3) is 0 Å². The molecule has 5 nitrogen and oxygen atoms in total. The number of hydrogen-bond acceptors (Lipinski definition) is 3. The minimum atomic E-state index is -1.09. The van der Waals surface area contributed by atoms with Crippen LogP contribution >= 0.6 is 23.2 Å². The van der Waals surface area contributed by atoms with Gasteiger partial charge in [0, 0.05) is 15.6 Å². The van der Waals surface area contributed by atoms with Gasteiger partial charge in [0.1, 0.15) is 0 Å². The topological polar surface area (TPSA) is 68.0 Å². The summed E-state index contributed by atoms with van der Waals surface area (Å²) in [5.41, 5.74) is 1.21. The normalized spacial score (nSPS) is 10.7. The van der Waals surface area contributed by atoms with Crippen molar-refractivity contribution in [3.05, 3.63) is 45.2 Å². The van der Waals surface area contributed by atoms with Crippen molar-refractivity contribution in [2.24, 2.45) is 0 Å². The smallest absolute Gasteiger partial charge is 0.358 e. The van der Waals surface area contributed by atoms with Crippen LogP contribution in [0.4, 0.5) is 0 Å². The highest BCUT2D eigenvalue weighted by Gasteiger charge is 2.18. The molecule has 100 valence electrons. The Hall–Kier alpha value is -1.59. The maximum absolute atomic E-state index is 11.0. The van der Waals surface area contributed by atoms with Crippen molar-refractivity contribution in [3.8, 4) is 0 Å². The third kappa shape index (κ3) is 2.72. The van der Waals surface area contributed by atoms with Gasteiger partial charge in [0.15, 0.2) is 5.69 Å². The number of aromatic carboxylic acids is 1. The lowest BCUT2D eigenvalue weighted by atomic mass is 10.2. The van der Waals surface area contributed by atoms with Crippen LogP contribution in [-0.2, 0) is 13.0 Å². The van der Waals surface area contributed by atoms with Crippen molar-refractivity contribution in [1.82, 2.24) is 15.0 Å². The van der Waals surface area contributed by atoms with Crippen molar-refractivity contribution < 1.29 is 9.90 Å². The Morgan fingerprint density at radius 3 is 2.53 bits per heavy atom. The van der Waals surface area contributed by atoms with Gasteiger partial charge in [-0.3, -0.25) is 0 Å². The van der Waals surface area contributed by atoms with E-state index in [4.69, 9.17) is 28.3 Å².